The number of anilines is 1. The molecular formula is C29H33FN6O2. The molecule has 0 fully saturated rings. The van der Waals surface area contributed by atoms with Gasteiger partial charge in [0.05, 0.1) is 30.8 Å². The zero-order valence-electron chi connectivity index (χ0n) is 22.0. The van der Waals surface area contributed by atoms with Crippen molar-refractivity contribution < 1.29 is 13.9 Å². The monoisotopic (exact) mass is 516 g/mol. The minimum atomic E-state index is -0.274. The third-order valence-corrected chi connectivity index (χ3v) is 6.96. The SMILES string of the molecule is CNc1nccc(-c2c(-c3ccc(F)cc3)nc3n2C(CN(CCOC)Cc2ccccc2OC)CC3)n1. The number of rotatable bonds is 11. The predicted octanol–water partition coefficient (Wildman–Crippen LogP) is 4.83. The largest absolute Gasteiger partial charge is 0.496 e. The summed E-state index contributed by atoms with van der Waals surface area (Å²) in [5.74, 6) is 2.16. The van der Waals surface area contributed by atoms with Crippen LogP contribution in [-0.2, 0) is 17.7 Å². The van der Waals surface area contributed by atoms with Gasteiger partial charge in [-0.1, -0.05) is 18.2 Å². The smallest absolute Gasteiger partial charge is 0.222 e. The Morgan fingerprint density at radius 2 is 1.89 bits per heavy atom. The van der Waals surface area contributed by atoms with Crippen molar-refractivity contribution in [2.75, 3.05) is 46.3 Å². The Morgan fingerprint density at radius 1 is 1.08 bits per heavy atom. The van der Waals surface area contributed by atoms with Crippen LogP contribution in [-0.4, -0.2) is 65.4 Å². The van der Waals surface area contributed by atoms with E-state index >= 15 is 0 Å². The normalized spacial score (nSPS) is 14.6. The highest BCUT2D eigenvalue weighted by atomic mass is 19.1. The minimum absolute atomic E-state index is 0.182. The van der Waals surface area contributed by atoms with Crippen LogP contribution in [0.25, 0.3) is 22.6 Å². The van der Waals surface area contributed by atoms with Gasteiger partial charge in [0.2, 0.25) is 5.95 Å². The first-order valence-corrected chi connectivity index (χ1v) is 12.8. The second-order valence-corrected chi connectivity index (χ2v) is 9.35. The molecule has 8 nitrogen and oxygen atoms in total. The Labute approximate surface area is 222 Å². The van der Waals surface area contributed by atoms with Gasteiger partial charge in [0, 0.05) is 63.6 Å². The summed E-state index contributed by atoms with van der Waals surface area (Å²) in [7, 11) is 5.24. The van der Waals surface area contributed by atoms with Crippen LogP contribution in [0, 0.1) is 5.82 Å². The van der Waals surface area contributed by atoms with Crippen LogP contribution in [0.3, 0.4) is 0 Å². The maximum atomic E-state index is 13.7. The van der Waals surface area contributed by atoms with E-state index in [0.717, 1.165) is 72.3 Å². The lowest BCUT2D eigenvalue weighted by Crippen LogP contribution is -2.32. The first kappa shape index (κ1) is 25.8. The van der Waals surface area contributed by atoms with Gasteiger partial charge in [-0.25, -0.2) is 19.3 Å². The van der Waals surface area contributed by atoms with Gasteiger partial charge >= 0.3 is 0 Å². The van der Waals surface area contributed by atoms with Gasteiger partial charge in [0.1, 0.15) is 17.4 Å². The number of para-hydroxylation sites is 1. The number of aryl methyl sites for hydroxylation is 1. The van der Waals surface area contributed by atoms with Crippen molar-refractivity contribution in [1.29, 1.82) is 0 Å². The van der Waals surface area contributed by atoms with Crippen molar-refractivity contribution >= 4 is 5.95 Å². The molecule has 0 saturated heterocycles. The number of nitrogens with one attached hydrogen (secondary N) is 1. The lowest BCUT2D eigenvalue weighted by molar-refractivity contribution is 0.133. The van der Waals surface area contributed by atoms with E-state index in [2.05, 4.69) is 25.8 Å². The first-order valence-electron chi connectivity index (χ1n) is 12.8. The van der Waals surface area contributed by atoms with Crippen molar-refractivity contribution in [3.05, 3.63) is 78.0 Å². The summed E-state index contributed by atoms with van der Waals surface area (Å²) in [6.45, 7) is 2.96. The molecule has 38 heavy (non-hydrogen) atoms. The number of ether oxygens (including phenoxy) is 2. The van der Waals surface area contributed by atoms with E-state index in [-0.39, 0.29) is 11.9 Å². The van der Waals surface area contributed by atoms with E-state index in [0.29, 0.717) is 12.6 Å². The molecule has 9 heteroatoms. The highest BCUT2D eigenvalue weighted by Crippen LogP contribution is 2.39. The van der Waals surface area contributed by atoms with Crippen LogP contribution in [0.4, 0.5) is 10.3 Å². The van der Waals surface area contributed by atoms with Crippen molar-refractivity contribution in [2.45, 2.75) is 25.4 Å². The van der Waals surface area contributed by atoms with Crippen LogP contribution < -0.4 is 10.1 Å². The molecule has 0 aliphatic carbocycles. The third kappa shape index (κ3) is 5.39. The number of benzene rings is 2. The summed E-state index contributed by atoms with van der Waals surface area (Å²) in [4.78, 5) is 16.5. The summed E-state index contributed by atoms with van der Waals surface area (Å²) < 4.78 is 27.1. The number of hydrogen-bond donors (Lipinski definition) is 1. The molecule has 3 heterocycles. The maximum absolute atomic E-state index is 13.7. The Hall–Kier alpha value is -3.82. The number of nitrogens with zero attached hydrogens (tertiary/aromatic N) is 5. The van der Waals surface area contributed by atoms with E-state index in [1.54, 1.807) is 39.6 Å². The molecule has 0 saturated carbocycles. The van der Waals surface area contributed by atoms with Crippen LogP contribution in [0.2, 0.25) is 0 Å². The number of halogens is 1. The fourth-order valence-electron chi connectivity index (χ4n) is 5.14. The van der Waals surface area contributed by atoms with Gasteiger partial charge in [0.15, 0.2) is 0 Å². The predicted molar refractivity (Wildman–Crippen MR) is 146 cm³/mol. The summed E-state index contributed by atoms with van der Waals surface area (Å²) in [5, 5.41) is 3.03. The van der Waals surface area contributed by atoms with Crippen molar-refractivity contribution in [2.24, 2.45) is 0 Å². The molecule has 1 aliphatic heterocycles. The van der Waals surface area contributed by atoms with Gasteiger partial charge in [0.25, 0.3) is 0 Å². The number of fused-ring (bicyclic) bond motifs is 1. The highest BCUT2D eigenvalue weighted by Gasteiger charge is 2.32. The molecule has 2 aromatic carbocycles. The number of imidazole rings is 1. The number of methoxy groups -OCH3 is 2. The molecule has 0 radical (unpaired) electrons. The second kappa shape index (κ2) is 11.7. The quantitative estimate of drug-likeness (QED) is 0.306. The van der Waals surface area contributed by atoms with Crippen LogP contribution in [0.15, 0.2) is 60.8 Å². The number of aromatic nitrogens is 4. The van der Waals surface area contributed by atoms with Gasteiger partial charge in [-0.05, 0) is 42.8 Å². The standard InChI is InChI=1S/C29H33FN6O2/c1-31-29-32-15-14-24(33-29)28-27(20-8-10-22(30)11-9-20)34-26-13-12-23(36(26)28)19-35(16-17-37-2)18-21-6-4-5-7-25(21)38-3/h4-11,14-15,23H,12-13,16-19H2,1-3H3,(H,31,32,33). The average Bonchev–Trinajstić information content (AvgIpc) is 3.52. The van der Waals surface area contributed by atoms with E-state index in [4.69, 9.17) is 19.4 Å². The maximum Gasteiger partial charge on any atom is 0.222 e. The zero-order chi connectivity index (χ0) is 26.5. The topological polar surface area (TPSA) is 77.3 Å². The van der Waals surface area contributed by atoms with E-state index in [1.807, 2.05) is 24.3 Å². The van der Waals surface area contributed by atoms with E-state index < -0.39 is 0 Å². The molecule has 2 aromatic heterocycles. The van der Waals surface area contributed by atoms with Crippen LogP contribution >= 0.6 is 0 Å². The van der Waals surface area contributed by atoms with Crippen molar-refractivity contribution in [3.63, 3.8) is 0 Å². The summed E-state index contributed by atoms with van der Waals surface area (Å²) in [6.07, 6.45) is 3.58. The molecule has 198 valence electrons. The molecular weight excluding hydrogens is 483 g/mol. The molecule has 0 spiro atoms. The summed E-state index contributed by atoms with van der Waals surface area (Å²) >= 11 is 0. The average molecular weight is 517 g/mol. The fourth-order valence-corrected chi connectivity index (χ4v) is 5.14. The molecule has 0 bridgehead atoms. The second-order valence-electron chi connectivity index (χ2n) is 9.35. The first-order chi connectivity index (χ1) is 18.6. The van der Waals surface area contributed by atoms with Gasteiger partial charge < -0.3 is 19.4 Å². The lowest BCUT2D eigenvalue weighted by atomic mass is 10.1. The van der Waals surface area contributed by atoms with E-state index in [9.17, 15) is 4.39 Å². The molecule has 4 aromatic rings. The van der Waals surface area contributed by atoms with E-state index in [1.165, 1.54) is 12.1 Å². The van der Waals surface area contributed by atoms with Crippen LogP contribution in [0.1, 0.15) is 23.9 Å². The molecule has 1 aliphatic rings. The summed E-state index contributed by atoms with van der Waals surface area (Å²) in [5.41, 5.74) is 4.51. The Bertz CT molecular complexity index is 1370. The highest BCUT2D eigenvalue weighted by molar-refractivity contribution is 5.78. The third-order valence-electron chi connectivity index (χ3n) is 6.96. The molecule has 1 atom stereocenters. The fraction of sp³-hybridized carbons (Fsp3) is 0.345. The van der Waals surface area contributed by atoms with Gasteiger partial charge in [-0.3, -0.25) is 4.90 Å². The Balaban J connectivity index is 1.54. The minimum Gasteiger partial charge on any atom is -0.496 e. The molecule has 5 rings (SSSR count). The van der Waals surface area contributed by atoms with Gasteiger partial charge in [-0.15, -0.1) is 0 Å². The molecule has 1 N–H and O–H groups in total. The Kier molecular flexibility index (Phi) is 7.95. The Morgan fingerprint density at radius 3 is 2.66 bits per heavy atom. The van der Waals surface area contributed by atoms with Crippen LogP contribution in [0.5, 0.6) is 5.75 Å². The lowest BCUT2D eigenvalue weighted by Gasteiger charge is -2.28. The molecule has 0 amide bonds. The summed E-state index contributed by atoms with van der Waals surface area (Å²) in [6, 6.07) is 16.7. The van der Waals surface area contributed by atoms with Crippen molar-refractivity contribution in [3.8, 4) is 28.4 Å². The number of hydrogen-bond acceptors (Lipinski definition) is 7. The van der Waals surface area contributed by atoms with Crippen molar-refractivity contribution in [1.82, 2.24) is 24.4 Å². The molecule has 1 unspecified atom stereocenters. The van der Waals surface area contributed by atoms with Gasteiger partial charge in [-0.2, -0.15) is 0 Å². The zero-order valence-corrected chi connectivity index (χ0v) is 22.0.